The number of carbonyl (C=O) groups is 1. The number of carbonyl (C=O) groups excluding carboxylic acids is 1. The monoisotopic (exact) mass is 189 g/mol. The van der Waals surface area contributed by atoms with E-state index in [1.165, 1.54) is 0 Å². The van der Waals surface area contributed by atoms with Crippen molar-refractivity contribution < 1.29 is 4.79 Å². The van der Waals surface area contributed by atoms with Crippen molar-refractivity contribution in [3.63, 3.8) is 0 Å². The average molecular weight is 189 g/mol. The fourth-order valence-electron chi connectivity index (χ4n) is 1.36. The zero-order chi connectivity index (χ0) is 10.1. The van der Waals surface area contributed by atoms with Gasteiger partial charge in [-0.25, -0.2) is 4.98 Å². The van der Waals surface area contributed by atoms with Crippen LogP contribution < -0.4 is 5.73 Å². The summed E-state index contributed by atoms with van der Waals surface area (Å²) in [4.78, 5) is 17.7. The third-order valence-corrected chi connectivity index (χ3v) is 2.12. The number of rotatable bonds is 2. The molecule has 0 radical (unpaired) electrons. The highest BCUT2D eigenvalue weighted by Crippen LogP contribution is 2.15. The van der Waals surface area contributed by atoms with Crippen LogP contribution >= 0.6 is 0 Å². The van der Waals surface area contributed by atoms with Gasteiger partial charge in [0.25, 0.3) is 0 Å². The summed E-state index contributed by atoms with van der Waals surface area (Å²) in [7, 11) is 0. The van der Waals surface area contributed by atoms with Gasteiger partial charge in [0.1, 0.15) is 5.65 Å². The molecule has 0 aliphatic rings. The fraction of sp³-hybridized carbons (Fsp3) is 0.200. The first-order valence-corrected chi connectivity index (χ1v) is 4.41. The van der Waals surface area contributed by atoms with Gasteiger partial charge in [-0.3, -0.25) is 4.79 Å². The number of nitrogens with zero attached hydrogens (tertiary/aromatic N) is 1. The number of hydrogen-bond acceptors (Lipinski definition) is 3. The number of aromatic nitrogens is 2. The highest BCUT2D eigenvalue weighted by molar-refractivity contribution is 5.85. The maximum Gasteiger partial charge on any atom is 0.166 e. The van der Waals surface area contributed by atoms with Crippen molar-refractivity contribution in [2.75, 3.05) is 0 Å². The normalized spacial score (nSPS) is 13.0. The lowest BCUT2D eigenvalue weighted by atomic mass is 10.2. The third kappa shape index (κ3) is 1.40. The van der Waals surface area contributed by atoms with Gasteiger partial charge in [-0.2, -0.15) is 0 Å². The summed E-state index contributed by atoms with van der Waals surface area (Å²) in [5.74, 6) is 0. The summed E-state index contributed by atoms with van der Waals surface area (Å²) >= 11 is 0. The molecule has 1 atom stereocenters. The van der Waals surface area contributed by atoms with Crippen LogP contribution in [0.4, 0.5) is 0 Å². The molecule has 3 N–H and O–H groups in total. The Morgan fingerprint density at radius 1 is 1.57 bits per heavy atom. The minimum Gasteiger partial charge on any atom is -0.337 e. The molecule has 2 aromatic rings. The Kier molecular flexibility index (Phi) is 2.05. The maximum atomic E-state index is 10.5. The number of nitrogens with two attached hydrogens (primary N) is 1. The second kappa shape index (κ2) is 3.23. The van der Waals surface area contributed by atoms with Gasteiger partial charge < -0.3 is 10.7 Å². The summed E-state index contributed by atoms with van der Waals surface area (Å²) < 4.78 is 0. The molecule has 0 saturated heterocycles. The van der Waals surface area contributed by atoms with Gasteiger partial charge in [0.05, 0.1) is 11.4 Å². The van der Waals surface area contributed by atoms with E-state index >= 15 is 0 Å². The van der Waals surface area contributed by atoms with Crippen LogP contribution in [0.3, 0.4) is 0 Å². The van der Waals surface area contributed by atoms with Crippen LogP contribution in [0, 0.1) is 0 Å². The van der Waals surface area contributed by atoms with Gasteiger partial charge >= 0.3 is 0 Å². The fourth-order valence-corrected chi connectivity index (χ4v) is 1.36. The van der Waals surface area contributed by atoms with E-state index in [0.29, 0.717) is 11.3 Å². The van der Waals surface area contributed by atoms with E-state index < -0.39 is 0 Å². The highest BCUT2D eigenvalue weighted by atomic mass is 16.1. The zero-order valence-corrected chi connectivity index (χ0v) is 7.82. The molecule has 14 heavy (non-hydrogen) atoms. The van der Waals surface area contributed by atoms with Crippen LogP contribution in [-0.4, -0.2) is 16.3 Å². The number of aldehydes is 1. The molecular formula is C10H11N3O. The Morgan fingerprint density at radius 2 is 2.36 bits per heavy atom. The molecule has 0 bridgehead atoms. The second-order valence-corrected chi connectivity index (χ2v) is 3.31. The molecule has 0 amide bonds. The minimum atomic E-state index is -0.0950. The van der Waals surface area contributed by atoms with Crippen molar-refractivity contribution >= 4 is 17.3 Å². The number of pyridine rings is 1. The van der Waals surface area contributed by atoms with Crippen molar-refractivity contribution in [2.45, 2.75) is 13.0 Å². The lowest BCUT2D eigenvalue weighted by Crippen LogP contribution is -2.06. The molecule has 0 aromatic carbocycles. The van der Waals surface area contributed by atoms with E-state index in [2.05, 4.69) is 9.97 Å². The molecule has 0 saturated carbocycles. The van der Waals surface area contributed by atoms with Crippen LogP contribution in [0.1, 0.15) is 29.1 Å². The number of fused-ring (bicyclic) bond motifs is 1. The Labute approximate surface area is 81.1 Å². The number of aromatic amines is 1. The van der Waals surface area contributed by atoms with E-state index in [-0.39, 0.29) is 6.04 Å². The first kappa shape index (κ1) is 8.90. The lowest BCUT2D eigenvalue weighted by molar-refractivity contribution is 0.112. The Hall–Kier alpha value is -1.68. The number of hydrogen-bond donors (Lipinski definition) is 2. The Bertz CT molecular complexity index is 473. The predicted molar refractivity (Wildman–Crippen MR) is 54.1 cm³/mol. The topological polar surface area (TPSA) is 71.8 Å². The summed E-state index contributed by atoms with van der Waals surface area (Å²) in [5, 5.41) is 0.927. The molecule has 72 valence electrons. The maximum absolute atomic E-state index is 10.5. The molecule has 2 heterocycles. The summed E-state index contributed by atoms with van der Waals surface area (Å²) in [6.45, 7) is 1.87. The number of H-pyrrole nitrogens is 1. The smallest absolute Gasteiger partial charge is 0.166 e. The third-order valence-electron chi connectivity index (χ3n) is 2.12. The van der Waals surface area contributed by atoms with E-state index in [1.807, 2.05) is 19.1 Å². The van der Waals surface area contributed by atoms with E-state index in [9.17, 15) is 4.79 Å². The summed E-state index contributed by atoms with van der Waals surface area (Å²) in [5.41, 5.74) is 7.76. The standard InChI is InChI=1S/C10H11N3O/c1-6(11)9-3-2-7-4-8(5-14)12-10(7)13-9/h2-6H,11H2,1H3,(H,12,13)/t6-/m1/s1. The van der Waals surface area contributed by atoms with Crippen molar-refractivity contribution in [1.82, 2.24) is 9.97 Å². The molecule has 4 heteroatoms. The quantitative estimate of drug-likeness (QED) is 0.701. The van der Waals surface area contributed by atoms with E-state index in [1.54, 1.807) is 6.07 Å². The van der Waals surface area contributed by atoms with E-state index in [0.717, 1.165) is 17.4 Å². The first-order valence-electron chi connectivity index (χ1n) is 4.41. The van der Waals surface area contributed by atoms with Crippen molar-refractivity contribution in [3.05, 3.63) is 29.6 Å². The molecule has 0 unspecified atom stereocenters. The molecule has 4 nitrogen and oxygen atoms in total. The molecule has 2 rings (SSSR count). The largest absolute Gasteiger partial charge is 0.337 e. The molecule has 2 aromatic heterocycles. The molecule has 0 aliphatic carbocycles. The van der Waals surface area contributed by atoms with Crippen LogP contribution in [-0.2, 0) is 0 Å². The Balaban J connectivity index is 2.59. The van der Waals surface area contributed by atoms with Gasteiger partial charge in [0.2, 0.25) is 0 Å². The van der Waals surface area contributed by atoms with Gasteiger partial charge in [0, 0.05) is 11.4 Å². The first-order chi connectivity index (χ1) is 6.70. The highest BCUT2D eigenvalue weighted by Gasteiger charge is 2.04. The minimum absolute atomic E-state index is 0.0950. The second-order valence-electron chi connectivity index (χ2n) is 3.31. The summed E-state index contributed by atoms with van der Waals surface area (Å²) in [6, 6.07) is 5.45. The SMILES string of the molecule is C[C@@H](N)c1ccc2cc(C=O)[nH]c2n1. The predicted octanol–water partition coefficient (Wildman–Crippen LogP) is 1.40. The van der Waals surface area contributed by atoms with Gasteiger partial charge in [-0.1, -0.05) is 0 Å². The van der Waals surface area contributed by atoms with Crippen LogP contribution in [0.25, 0.3) is 11.0 Å². The zero-order valence-electron chi connectivity index (χ0n) is 7.82. The van der Waals surface area contributed by atoms with Crippen molar-refractivity contribution in [2.24, 2.45) is 5.73 Å². The Morgan fingerprint density at radius 3 is 3.00 bits per heavy atom. The molecule has 0 spiro atoms. The number of nitrogens with one attached hydrogen (secondary N) is 1. The average Bonchev–Trinajstić information content (AvgIpc) is 2.58. The van der Waals surface area contributed by atoms with Crippen LogP contribution in [0.5, 0.6) is 0 Å². The molecule has 0 aliphatic heterocycles. The summed E-state index contributed by atoms with van der Waals surface area (Å²) in [6.07, 6.45) is 0.771. The van der Waals surface area contributed by atoms with Gasteiger partial charge in [0.15, 0.2) is 6.29 Å². The molecule has 0 fully saturated rings. The van der Waals surface area contributed by atoms with Crippen LogP contribution in [0.2, 0.25) is 0 Å². The van der Waals surface area contributed by atoms with Crippen molar-refractivity contribution in [3.8, 4) is 0 Å². The van der Waals surface area contributed by atoms with Gasteiger partial charge in [-0.15, -0.1) is 0 Å². The van der Waals surface area contributed by atoms with E-state index in [4.69, 9.17) is 5.73 Å². The lowest BCUT2D eigenvalue weighted by Gasteiger charge is -2.02. The van der Waals surface area contributed by atoms with Crippen LogP contribution in [0.15, 0.2) is 18.2 Å². The van der Waals surface area contributed by atoms with Gasteiger partial charge in [-0.05, 0) is 25.1 Å². The molecular weight excluding hydrogens is 178 g/mol. The van der Waals surface area contributed by atoms with Crippen molar-refractivity contribution in [1.29, 1.82) is 0 Å².